The number of aromatic nitrogens is 2. The number of likely N-dealkylation sites (tertiary alicyclic amines) is 1. The Labute approximate surface area is 107 Å². The van der Waals surface area contributed by atoms with Gasteiger partial charge in [0.1, 0.15) is 5.82 Å². The van der Waals surface area contributed by atoms with Crippen LogP contribution in [0.1, 0.15) is 37.6 Å². The van der Waals surface area contributed by atoms with Crippen LogP contribution in [0.2, 0.25) is 0 Å². The van der Waals surface area contributed by atoms with E-state index in [0.717, 1.165) is 18.5 Å². The Hall–Kier alpha value is -1.49. The quantitative estimate of drug-likeness (QED) is 0.854. The summed E-state index contributed by atoms with van der Waals surface area (Å²) in [5.41, 5.74) is 6.88. The SMILES string of the molecule is CC(C)c1cnc(CC(=O)N2CCC(N)C2)nc1. The molecule has 5 nitrogen and oxygen atoms in total. The minimum atomic E-state index is 0.0697. The summed E-state index contributed by atoms with van der Waals surface area (Å²) in [4.78, 5) is 22.2. The van der Waals surface area contributed by atoms with Crippen molar-refractivity contribution in [3.05, 3.63) is 23.8 Å². The highest BCUT2D eigenvalue weighted by Gasteiger charge is 2.23. The third-order valence-electron chi connectivity index (χ3n) is 3.28. The van der Waals surface area contributed by atoms with Gasteiger partial charge in [-0.2, -0.15) is 0 Å². The van der Waals surface area contributed by atoms with Crippen LogP contribution >= 0.6 is 0 Å². The Morgan fingerprint density at radius 2 is 2.17 bits per heavy atom. The summed E-state index contributed by atoms with van der Waals surface area (Å²) in [6.45, 7) is 5.59. The first-order valence-corrected chi connectivity index (χ1v) is 6.40. The number of hydrogen-bond acceptors (Lipinski definition) is 4. The second kappa shape index (κ2) is 5.44. The highest BCUT2D eigenvalue weighted by molar-refractivity contribution is 5.78. The number of nitrogens with two attached hydrogens (primary N) is 1. The van der Waals surface area contributed by atoms with Gasteiger partial charge in [0.25, 0.3) is 0 Å². The van der Waals surface area contributed by atoms with Crippen molar-refractivity contribution in [3.8, 4) is 0 Å². The van der Waals surface area contributed by atoms with Crippen molar-refractivity contribution in [1.29, 1.82) is 0 Å². The van der Waals surface area contributed by atoms with Crippen LogP contribution in [0.4, 0.5) is 0 Å². The van der Waals surface area contributed by atoms with Crippen LogP contribution in [0.3, 0.4) is 0 Å². The Morgan fingerprint density at radius 1 is 1.50 bits per heavy atom. The van der Waals surface area contributed by atoms with Crippen molar-refractivity contribution in [2.45, 2.75) is 38.6 Å². The van der Waals surface area contributed by atoms with E-state index in [2.05, 4.69) is 23.8 Å². The summed E-state index contributed by atoms with van der Waals surface area (Å²) in [6, 6.07) is 0.123. The van der Waals surface area contributed by atoms with Gasteiger partial charge in [-0.1, -0.05) is 13.8 Å². The molecular weight excluding hydrogens is 228 g/mol. The van der Waals surface area contributed by atoms with Gasteiger partial charge in [0, 0.05) is 31.5 Å². The summed E-state index contributed by atoms with van der Waals surface area (Å²) in [5.74, 6) is 1.07. The van der Waals surface area contributed by atoms with Gasteiger partial charge >= 0.3 is 0 Å². The van der Waals surface area contributed by atoms with Gasteiger partial charge in [0.2, 0.25) is 5.91 Å². The predicted octanol–water partition coefficient (Wildman–Crippen LogP) is 0.702. The number of amides is 1. The minimum Gasteiger partial charge on any atom is -0.341 e. The molecule has 1 atom stereocenters. The first kappa shape index (κ1) is 13.0. The van der Waals surface area contributed by atoms with Crippen LogP contribution in [0, 0.1) is 0 Å². The molecule has 0 aromatic carbocycles. The van der Waals surface area contributed by atoms with E-state index in [1.54, 1.807) is 17.3 Å². The summed E-state index contributed by atoms with van der Waals surface area (Å²) >= 11 is 0. The molecule has 1 aliphatic rings. The van der Waals surface area contributed by atoms with Gasteiger partial charge in [0.05, 0.1) is 6.42 Å². The lowest BCUT2D eigenvalue weighted by molar-refractivity contribution is -0.129. The van der Waals surface area contributed by atoms with E-state index in [4.69, 9.17) is 5.73 Å². The van der Waals surface area contributed by atoms with Crippen molar-refractivity contribution < 1.29 is 4.79 Å². The molecule has 1 unspecified atom stereocenters. The fraction of sp³-hybridized carbons (Fsp3) is 0.615. The Kier molecular flexibility index (Phi) is 3.91. The van der Waals surface area contributed by atoms with E-state index in [1.807, 2.05) is 0 Å². The summed E-state index contributed by atoms with van der Waals surface area (Å²) in [6.07, 6.45) is 4.76. The van der Waals surface area contributed by atoms with Gasteiger partial charge in [-0.25, -0.2) is 9.97 Å². The largest absolute Gasteiger partial charge is 0.341 e. The lowest BCUT2D eigenvalue weighted by Crippen LogP contribution is -2.33. The van der Waals surface area contributed by atoms with Crippen molar-refractivity contribution >= 4 is 5.91 Å². The summed E-state index contributed by atoms with van der Waals surface area (Å²) < 4.78 is 0. The normalized spacial score (nSPS) is 19.6. The molecule has 1 fully saturated rings. The lowest BCUT2D eigenvalue weighted by Gasteiger charge is -2.15. The molecule has 2 N–H and O–H groups in total. The fourth-order valence-electron chi connectivity index (χ4n) is 2.02. The van der Waals surface area contributed by atoms with Crippen LogP contribution in [0.5, 0.6) is 0 Å². The van der Waals surface area contributed by atoms with Gasteiger partial charge in [-0.15, -0.1) is 0 Å². The predicted molar refractivity (Wildman–Crippen MR) is 69.0 cm³/mol. The highest BCUT2D eigenvalue weighted by Crippen LogP contribution is 2.12. The first-order chi connectivity index (χ1) is 8.56. The number of rotatable bonds is 3. The van der Waals surface area contributed by atoms with Crippen molar-refractivity contribution in [2.75, 3.05) is 13.1 Å². The number of nitrogens with zero attached hydrogens (tertiary/aromatic N) is 3. The second-order valence-electron chi connectivity index (χ2n) is 5.15. The van der Waals surface area contributed by atoms with Gasteiger partial charge in [0.15, 0.2) is 0 Å². The zero-order valence-electron chi connectivity index (χ0n) is 11.0. The van der Waals surface area contributed by atoms with E-state index < -0.39 is 0 Å². The molecule has 98 valence electrons. The zero-order chi connectivity index (χ0) is 13.1. The molecule has 1 aromatic rings. The standard InChI is InChI=1S/C13H20N4O/c1-9(2)10-6-15-12(16-7-10)5-13(18)17-4-3-11(14)8-17/h6-7,9,11H,3-5,8,14H2,1-2H3. The molecular formula is C13H20N4O. The molecule has 1 aliphatic heterocycles. The Morgan fingerprint density at radius 3 is 2.67 bits per heavy atom. The van der Waals surface area contributed by atoms with E-state index in [9.17, 15) is 4.79 Å². The van der Waals surface area contributed by atoms with E-state index in [-0.39, 0.29) is 18.4 Å². The molecule has 0 bridgehead atoms. The van der Waals surface area contributed by atoms with Crippen LogP contribution in [-0.2, 0) is 11.2 Å². The van der Waals surface area contributed by atoms with Crippen LogP contribution in [-0.4, -0.2) is 39.9 Å². The zero-order valence-corrected chi connectivity index (χ0v) is 11.0. The van der Waals surface area contributed by atoms with Crippen molar-refractivity contribution in [3.63, 3.8) is 0 Å². The Balaban J connectivity index is 1.95. The maximum absolute atomic E-state index is 12.0. The fourth-order valence-corrected chi connectivity index (χ4v) is 2.02. The van der Waals surface area contributed by atoms with Crippen LogP contribution < -0.4 is 5.73 Å². The van der Waals surface area contributed by atoms with Gasteiger partial charge in [-0.05, 0) is 17.9 Å². The third kappa shape index (κ3) is 3.04. The number of carbonyl (C=O) groups is 1. The molecule has 5 heteroatoms. The maximum atomic E-state index is 12.0. The van der Waals surface area contributed by atoms with E-state index in [0.29, 0.717) is 18.3 Å². The molecule has 0 spiro atoms. The average Bonchev–Trinajstić information content (AvgIpc) is 2.76. The highest BCUT2D eigenvalue weighted by atomic mass is 16.2. The summed E-state index contributed by atoms with van der Waals surface area (Å²) in [7, 11) is 0. The Bertz CT molecular complexity index is 416. The average molecular weight is 248 g/mol. The molecule has 2 rings (SSSR count). The molecule has 0 radical (unpaired) electrons. The van der Waals surface area contributed by atoms with Gasteiger partial charge < -0.3 is 10.6 Å². The van der Waals surface area contributed by atoms with E-state index in [1.165, 1.54) is 0 Å². The maximum Gasteiger partial charge on any atom is 0.230 e. The number of hydrogen-bond donors (Lipinski definition) is 1. The molecule has 0 aliphatic carbocycles. The third-order valence-corrected chi connectivity index (χ3v) is 3.28. The monoisotopic (exact) mass is 248 g/mol. The van der Waals surface area contributed by atoms with Crippen molar-refractivity contribution in [2.24, 2.45) is 5.73 Å². The van der Waals surface area contributed by atoms with E-state index >= 15 is 0 Å². The number of carbonyl (C=O) groups excluding carboxylic acids is 1. The lowest BCUT2D eigenvalue weighted by atomic mass is 10.1. The molecule has 18 heavy (non-hydrogen) atoms. The smallest absolute Gasteiger partial charge is 0.230 e. The molecule has 0 saturated carbocycles. The summed E-state index contributed by atoms with van der Waals surface area (Å²) in [5, 5.41) is 0. The second-order valence-corrected chi connectivity index (χ2v) is 5.15. The topological polar surface area (TPSA) is 72.1 Å². The van der Waals surface area contributed by atoms with Crippen LogP contribution in [0.25, 0.3) is 0 Å². The minimum absolute atomic E-state index is 0.0697. The first-order valence-electron chi connectivity index (χ1n) is 6.40. The van der Waals surface area contributed by atoms with Crippen molar-refractivity contribution in [1.82, 2.24) is 14.9 Å². The molecule has 1 amide bonds. The van der Waals surface area contributed by atoms with Crippen LogP contribution in [0.15, 0.2) is 12.4 Å². The molecule has 1 saturated heterocycles. The molecule has 1 aromatic heterocycles. The molecule has 2 heterocycles. The van der Waals surface area contributed by atoms with Gasteiger partial charge in [-0.3, -0.25) is 4.79 Å².